The molecule has 10 heteroatoms. The van der Waals surface area contributed by atoms with Crippen molar-refractivity contribution >= 4 is 62.7 Å². The van der Waals surface area contributed by atoms with Gasteiger partial charge in [-0.15, -0.1) is 11.3 Å². The van der Waals surface area contributed by atoms with E-state index in [1.807, 2.05) is 24.3 Å². The highest BCUT2D eigenvalue weighted by atomic mass is 35.5. The second-order valence-electron chi connectivity index (χ2n) is 8.89. The molecule has 2 aromatic carbocycles. The van der Waals surface area contributed by atoms with E-state index in [4.69, 9.17) is 16.6 Å². The Labute approximate surface area is 234 Å². The molecule has 7 nitrogen and oxygen atoms in total. The maximum atomic E-state index is 13.7. The summed E-state index contributed by atoms with van der Waals surface area (Å²) in [6.07, 6.45) is 4.57. The van der Waals surface area contributed by atoms with E-state index in [1.54, 1.807) is 46.4 Å². The summed E-state index contributed by atoms with van der Waals surface area (Å²) in [6.45, 7) is 6.14. The van der Waals surface area contributed by atoms with Gasteiger partial charge in [0, 0.05) is 28.7 Å². The number of aromatic nitrogens is 2. The molecule has 0 atom stereocenters. The monoisotopic (exact) mass is 565 g/mol. The van der Waals surface area contributed by atoms with Crippen LogP contribution in [0.1, 0.15) is 36.3 Å². The molecule has 0 saturated carbocycles. The summed E-state index contributed by atoms with van der Waals surface area (Å²) >= 11 is 8.89. The minimum absolute atomic E-state index is 0.0643. The number of carbonyl (C=O) groups excluding carboxylic acids is 1. The van der Waals surface area contributed by atoms with Gasteiger partial charge in [-0.05, 0) is 80.6 Å². The maximum Gasteiger partial charge on any atom is 0.267 e. The molecule has 196 valence electrons. The van der Waals surface area contributed by atoms with Crippen molar-refractivity contribution < 1.29 is 4.79 Å². The van der Waals surface area contributed by atoms with Crippen LogP contribution in [0.3, 0.4) is 0 Å². The second-order valence-corrected chi connectivity index (χ2v) is 11.4. The molecular weight excluding hydrogens is 538 g/mol. The van der Waals surface area contributed by atoms with Crippen LogP contribution < -0.4 is 15.9 Å². The van der Waals surface area contributed by atoms with Gasteiger partial charge < -0.3 is 4.90 Å². The second kappa shape index (κ2) is 11.7. The van der Waals surface area contributed by atoms with Crippen LogP contribution in [0, 0.1) is 0 Å². The van der Waals surface area contributed by atoms with Crippen molar-refractivity contribution in [2.45, 2.75) is 38.3 Å². The van der Waals surface area contributed by atoms with Gasteiger partial charge in [-0.25, -0.2) is 10.4 Å². The molecule has 5 rings (SSSR count). The molecule has 38 heavy (non-hydrogen) atoms. The van der Waals surface area contributed by atoms with Gasteiger partial charge in [-0.2, -0.15) is 5.10 Å². The number of nitrogens with one attached hydrogen (secondary N) is 1. The molecule has 0 bridgehead atoms. The molecule has 1 N–H and O–H groups in total. The Hall–Kier alpha value is -3.14. The SMILES string of the molecule is CCN(CC)c1ccc(C=NNC(=O)CSc2nc3sc4c(c3c(=O)n2-c2ccc(Cl)cc2)CCC4)cc1. The average Bonchev–Trinajstić information content (AvgIpc) is 3.51. The highest BCUT2D eigenvalue weighted by Crippen LogP contribution is 2.36. The molecule has 1 amide bonds. The van der Waals surface area contributed by atoms with Crippen LogP contribution in [-0.4, -0.2) is 40.5 Å². The zero-order chi connectivity index (χ0) is 26.6. The number of rotatable bonds is 9. The minimum Gasteiger partial charge on any atom is -0.372 e. The predicted molar refractivity (Wildman–Crippen MR) is 159 cm³/mol. The highest BCUT2D eigenvalue weighted by molar-refractivity contribution is 7.99. The van der Waals surface area contributed by atoms with Crippen LogP contribution >= 0.6 is 34.7 Å². The lowest BCUT2D eigenvalue weighted by atomic mass is 10.2. The Kier molecular flexibility index (Phi) is 8.16. The van der Waals surface area contributed by atoms with Crippen LogP contribution in [0.15, 0.2) is 63.6 Å². The molecule has 1 aliphatic rings. The van der Waals surface area contributed by atoms with Crippen LogP contribution in [0.2, 0.25) is 5.02 Å². The summed E-state index contributed by atoms with van der Waals surface area (Å²) in [7, 11) is 0. The maximum absolute atomic E-state index is 13.7. The van der Waals surface area contributed by atoms with E-state index in [1.165, 1.54) is 16.6 Å². The summed E-state index contributed by atoms with van der Waals surface area (Å²) in [5.74, 6) is -0.216. The lowest BCUT2D eigenvalue weighted by molar-refractivity contribution is -0.118. The van der Waals surface area contributed by atoms with E-state index in [0.29, 0.717) is 21.3 Å². The van der Waals surface area contributed by atoms with Gasteiger partial charge >= 0.3 is 0 Å². The van der Waals surface area contributed by atoms with E-state index < -0.39 is 0 Å². The first-order chi connectivity index (χ1) is 18.5. The van der Waals surface area contributed by atoms with Gasteiger partial charge in [0.25, 0.3) is 11.5 Å². The summed E-state index contributed by atoms with van der Waals surface area (Å²) < 4.78 is 1.59. The number of hydrogen-bond donors (Lipinski definition) is 1. The number of benzene rings is 2. The number of fused-ring (bicyclic) bond motifs is 3. The van der Waals surface area contributed by atoms with Gasteiger partial charge in [0.1, 0.15) is 4.83 Å². The minimum atomic E-state index is -0.281. The third-order valence-electron chi connectivity index (χ3n) is 6.55. The molecular formula is C28H28ClN5O2S2. The molecule has 2 heterocycles. The Morgan fingerprint density at radius 1 is 1.16 bits per heavy atom. The Morgan fingerprint density at radius 3 is 2.61 bits per heavy atom. The fraction of sp³-hybridized carbons (Fsp3) is 0.286. The summed E-state index contributed by atoms with van der Waals surface area (Å²) in [5, 5.41) is 5.86. The highest BCUT2D eigenvalue weighted by Gasteiger charge is 2.24. The van der Waals surface area contributed by atoms with E-state index in [-0.39, 0.29) is 17.2 Å². The van der Waals surface area contributed by atoms with Crippen molar-refractivity contribution in [1.29, 1.82) is 0 Å². The van der Waals surface area contributed by atoms with Crippen molar-refractivity contribution in [3.63, 3.8) is 0 Å². The fourth-order valence-corrected chi connectivity index (χ4v) is 6.87. The smallest absolute Gasteiger partial charge is 0.267 e. The van der Waals surface area contributed by atoms with Gasteiger partial charge in [0.2, 0.25) is 0 Å². The van der Waals surface area contributed by atoms with Crippen molar-refractivity contribution in [1.82, 2.24) is 15.0 Å². The number of thiophene rings is 1. The molecule has 4 aromatic rings. The zero-order valence-corrected chi connectivity index (χ0v) is 23.6. The molecule has 0 radical (unpaired) electrons. The van der Waals surface area contributed by atoms with Crippen molar-refractivity contribution in [3.05, 3.63) is 79.9 Å². The molecule has 0 aliphatic heterocycles. The summed E-state index contributed by atoms with van der Waals surface area (Å²) in [5.41, 5.74) is 6.31. The number of hydrazone groups is 1. The molecule has 2 aromatic heterocycles. The van der Waals surface area contributed by atoms with Crippen LogP contribution in [-0.2, 0) is 17.6 Å². The van der Waals surface area contributed by atoms with E-state index in [0.717, 1.165) is 54.0 Å². The Balaban J connectivity index is 1.32. The first-order valence-electron chi connectivity index (χ1n) is 12.6. The quantitative estimate of drug-likeness (QED) is 0.122. The fourth-order valence-electron chi connectivity index (χ4n) is 4.64. The first-order valence-corrected chi connectivity index (χ1v) is 14.8. The van der Waals surface area contributed by atoms with Crippen molar-refractivity contribution in [2.24, 2.45) is 5.10 Å². The molecule has 1 aliphatic carbocycles. The van der Waals surface area contributed by atoms with Crippen LogP contribution in [0.25, 0.3) is 15.9 Å². The zero-order valence-electron chi connectivity index (χ0n) is 21.2. The predicted octanol–water partition coefficient (Wildman–Crippen LogP) is 5.68. The van der Waals surface area contributed by atoms with Crippen molar-refractivity contribution in [2.75, 3.05) is 23.7 Å². The van der Waals surface area contributed by atoms with E-state index in [2.05, 4.69) is 29.3 Å². The Morgan fingerprint density at radius 2 is 1.89 bits per heavy atom. The average molecular weight is 566 g/mol. The number of thioether (sulfide) groups is 1. The number of hydrogen-bond acceptors (Lipinski definition) is 7. The molecule has 0 spiro atoms. The third-order valence-corrected chi connectivity index (χ3v) is 8.93. The van der Waals surface area contributed by atoms with E-state index >= 15 is 0 Å². The summed E-state index contributed by atoms with van der Waals surface area (Å²) in [6, 6.07) is 15.1. The molecule has 0 unspecified atom stereocenters. The summed E-state index contributed by atoms with van der Waals surface area (Å²) in [4.78, 5) is 35.4. The van der Waals surface area contributed by atoms with Gasteiger partial charge in [-0.3, -0.25) is 14.2 Å². The largest absolute Gasteiger partial charge is 0.372 e. The van der Waals surface area contributed by atoms with E-state index in [9.17, 15) is 9.59 Å². The third kappa shape index (κ3) is 5.50. The number of anilines is 1. The number of halogens is 1. The number of aryl methyl sites for hydroxylation is 2. The molecule has 0 saturated heterocycles. The number of carbonyl (C=O) groups is 1. The lowest BCUT2D eigenvalue weighted by Gasteiger charge is -2.20. The topological polar surface area (TPSA) is 79.6 Å². The van der Waals surface area contributed by atoms with Crippen molar-refractivity contribution in [3.8, 4) is 5.69 Å². The number of amides is 1. The number of nitrogens with zero attached hydrogens (tertiary/aromatic N) is 4. The van der Waals surface area contributed by atoms with Gasteiger partial charge in [0.15, 0.2) is 5.16 Å². The van der Waals surface area contributed by atoms with Gasteiger partial charge in [-0.1, -0.05) is 35.5 Å². The normalized spacial score (nSPS) is 12.8. The molecule has 0 fully saturated rings. The first kappa shape index (κ1) is 26.5. The Bertz CT molecular complexity index is 1540. The van der Waals surface area contributed by atoms with Crippen LogP contribution in [0.4, 0.5) is 5.69 Å². The van der Waals surface area contributed by atoms with Crippen LogP contribution in [0.5, 0.6) is 0 Å². The standard InChI is InChI=1S/C28H28ClN5O2S2/c1-3-33(4-2)20-12-8-18(9-13-20)16-30-32-24(35)17-37-28-31-26-25(22-6-5-7-23(22)38-26)27(36)34(28)21-14-10-19(29)11-15-21/h8-16H,3-7,17H2,1-2H3,(H,32,35). The van der Waals surface area contributed by atoms with Gasteiger partial charge in [0.05, 0.1) is 23.0 Å². The lowest BCUT2D eigenvalue weighted by Crippen LogP contribution is -2.24.